The minimum Gasteiger partial charge on any atom is -0.342 e. The zero-order chi connectivity index (χ0) is 23.7. The number of aromatic nitrogens is 2. The van der Waals surface area contributed by atoms with Gasteiger partial charge in [-0.1, -0.05) is 36.4 Å². The van der Waals surface area contributed by atoms with Gasteiger partial charge < -0.3 is 10.2 Å². The van der Waals surface area contributed by atoms with Gasteiger partial charge in [0.1, 0.15) is 4.70 Å². The molecule has 0 unspecified atom stereocenters. The number of anilines is 2. The van der Waals surface area contributed by atoms with Crippen molar-refractivity contribution in [3.63, 3.8) is 0 Å². The van der Waals surface area contributed by atoms with E-state index >= 15 is 0 Å². The van der Waals surface area contributed by atoms with E-state index in [0.29, 0.717) is 30.3 Å². The van der Waals surface area contributed by atoms with E-state index in [1.807, 2.05) is 67.8 Å². The number of hydrogen-bond acceptors (Lipinski definition) is 5. The predicted octanol–water partition coefficient (Wildman–Crippen LogP) is 4.98. The number of carbonyl (C=O) groups excluding carboxylic acids is 1. The topological polar surface area (TPSA) is 67.2 Å². The molecule has 1 aliphatic rings. The van der Waals surface area contributed by atoms with Crippen LogP contribution in [0.2, 0.25) is 0 Å². The molecule has 0 atom stereocenters. The highest BCUT2D eigenvalue weighted by atomic mass is 32.1. The van der Waals surface area contributed by atoms with Crippen LogP contribution in [0.4, 0.5) is 11.6 Å². The van der Waals surface area contributed by atoms with Crippen LogP contribution in [0.1, 0.15) is 29.5 Å². The molecule has 7 heteroatoms. The minimum absolute atomic E-state index is 0.00598. The normalized spacial score (nSPS) is 14.5. The zero-order valence-electron chi connectivity index (χ0n) is 19.5. The van der Waals surface area contributed by atoms with Gasteiger partial charge in [0.25, 0.3) is 5.56 Å². The van der Waals surface area contributed by atoms with E-state index < -0.39 is 0 Å². The summed E-state index contributed by atoms with van der Waals surface area (Å²) in [5.41, 5.74) is 4.92. The molecule has 1 N–H and O–H groups in total. The number of carbonyl (C=O) groups is 1. The number of aryl methyl sites for hydroxylation is 2. The van der Waals surface area contributed by atoms with Crippen molar-refractivity contribution in [2.45, 2.75) is 33.2 Å². The summed E-state index contributed by atoms with van der Waals surface area (Å²) in [6.07, 6.45) is 1.44. The maximum absolute atomic E-state index is 13.3. The van der Waals surface area contributed by atoms with Crippen molar-refractivity contribution < 1.29 is 4.79 Å². The van der Waals surface area contributed by atoms with Gasteiger partial charge in [0.2, 0.25) is 11.9 Å². The third-order valence-electron chi connectivity index (χ3n) is 6.37. The second-order valence-electron chi connectivity index (χ2n) is 9.05. The Morgan fingerprint density at radius 3 is 2.47 bits per heavy atom. The summed E-state index contributed by atoms with van der Waals surface area (Å²) in [5, 5.41) is 5.01. The lowest BCUT2D eigenvalue weighted by molar-refractivity contribution is -0.120. The predicted molar refractivity (Wildman–Crippen MR) is 139 cm³/mol. The number of piperidine rings is 1. The van der Waals surface area contributed by atoms with E-state index in [1.165, 1.54) is 11.3 Å². The van der Waals surface area contributed by atoms with Crippen molar-refractivity contribution in [3.8, 4) is 0 Å². The summed E-state index contributed by atoms with van der Waals surface area (Å²) in [5.74, 6) is 0.691. The lowest BCUT2D eigenvalue weighted by Gasteiger charge is -2.33. The van der Waals surface area contributed by atoms with Crippen LogP contribution in [-0.2, 0) is 11.3 Å². The molecule has 1 fully saturated rings. The molecule has 34 heavy (non-hydrogen) atoms. The molecule has 5 rings (SSSR count). The van der Waals surface area contributed by atoms with E-state index in [4.69, 9.17) is 4.98 Å². The van der Waals surface area contributed by atoms with Gasteiger partial charge in [0, 0.05) is 24.7 Å². The smallest absolute Gasteiger partial charge is 0.273 e. The Labute approximate surface area is 202 Å². The highest BCUT2D eigenvalue weighted by Crippen LogP contribution is 2.26. The highest BCUT2D eigenvalue weighted by Gasteiger charge is 2.28. The van der Waals surface area contributed by atoms with Crippen molar-refractivity contribution in [1.82, 2.24) is 9.55 Å². The number of benzene rings is 2. The van der Waals surface area contributed by atoms with Crippen LogP contribution in [0.5, 0.6) is 0 Å². The first-order chi connectivity index (χ1) is 16.5. The molecule has 2 aromatic carbocycles. The molecular formula is C27H28N4O2S. The fourth-order valence-electron chi connectivity index (χ4n) is 4.71. The first kappa shape index (κ1) is 22.3. The molecule has 0 saturated carbocycles. The summed E-state index contributed by atoms with van der Waals surface area (Å²) in [6, 6.07) is 18.0. The second kappa shape index (κ2) is 9.43. The van der Waals surface area contributed by atoms with Crippen LogP contribution in [0.15, 0.2) is 64.8 Å². The maximum atomic E-state index is 13.3. The molecule has 1 saturated heterocycles. The molecule has 0 aliphatic carbocycles. The van der Waals surface area contributed by atoms with Gasteiger partial charge in [-0.3, -0.25) is 14.2 Å². The van der Waals surface area contributed by atoms with Crippen molar-refractivity contribution in [1.29, 1.82) is 0 Å². The van der Waals surface area contributed by atoms with Crippen LogP contribution < -0.4 is 15.8 Å². The Morgan fingerprint density at radius 2 is 1.76 bits per heavy atom. The van der Waals surface area contributed by atoms with E-state index in [1.54, 1.807) is 4.57 Å². The van der Waals surface area contributed by atoms with Crippen LogP contribution in [0.25, 0.3) is 10.2 Å². The number of amides is 1. The van der Waals surface area contributed by atoms with Gasteiger partial charge in [-0.15, -0.1) is 11.3 Å². The summed E-state index contributed by atoms with van der Waals surface area (Å²) < 4.78 is 2.46. The quantitative estimate of drug-likeness (QED) is 0.445. The second-order valence-corrected chi connectivity index (χ2v) is 9.97. The molecule has 3 heterocycles. The molecule has 1 amide bonds. The number of nitrogens with zero attached hydrogens (tertiary/aromatic N) is 3. The van der Waals surface area contributed by atoms with Gasteiger partial charge in [0.15, 0.2) is 0 Å². The van der Waals surface area contributed by atoms with Crippen LogP contribution in [0, 0.1) is 19.8 Å². The lowest BCUT2D eigenvalue weighted by Crippen LogP contribution is -2.41. The Bertz CT molecular complexity index is 1360. The number of rotatable bonds is 5. The molecule has 1 aliphatic heterocycles. The lowest BCUT2D eigenvalue weighted by atomic mass is 9.96. The fourth-order valence-corrected chi connectivity index (χ4v) is 5.49. The highest BCUT2D eigenvalue weighted by molar-refractivity contribution is 7.17. The van der Waals surface area contributed by atoms with Crippen LogP contribution in [0.3, 0.4) is 0 Å². The number of hydrogen-bond donors (Lipinski definition) is 1. The fraction of sp³-hybridized carbons (Fsp3) is 0.296. The van der Waals surface area contributed by atoms with Gasteiger partial charge in [-0.2, -0.15) is 0 Å². The molecule has 4 aromatic rings. The zero-order valence-corrected chi connectivity index (χ0v) is 20.3. The first-order valence-corrected chi connectivity index (χ1v) is 12.5. The summed E-state index contributed by atoms with van der Waals surface area (Å²) in [6.45, 7) is 5.91. The third-order valence-corrected chi connectivity index (χ3v) is 7.26. The molecular weight excluding hydrogens is 444 g/mol. The van der Waals surface area contributed by atoms with E-state index in [0.717, 1.165) is 40.7 Å². The van der Waals surface area contributed by atoms with Crippen molar-refractivity contribution >= 4 is 39.1 Å². The summed E-state index contributed by atoms with van der Waals surface area (Å²) >= 11 is 1.43. The molecule has 0 radical (unpaired) electrons. The summed E-state index contributed by atoms with van der Waals surface area (Å²) in [4.78, 5) is 33.3. The number of thiophene rings is 1. The third kappa shape index (κ3) is 4.61. The van der Waals surface area contributed by atoms with Crippen molar-refractivity contribution in [3.05, 3.63) is 87.0 Å². The molecule has 0 bridgehead atoms. The Hall–Kier alpha value is -3.45. The Kier molecular flexibility index (Phi) is 6.20. The number of fused-ring (bicyclic) bond motifs is 1. The van der Waals surface area contributed by atoms with E-state index in [2.05, 4.69) is 16.3 Å². The molecule has 174 valence electrons. The SMILES string of the molecule is Cc1cc(C)cc(NC(=O)C2CCN(c3nc4ccsc4c(=O)n3Cc3ccccc3)CC2)c1. The van der Waals surface area contributed by atoms with Crippen LogP contribution in [-0.4, -0.2) is 28.5 Å². The van der Waals surface area contributed by atoms with Crippen LogP contribution >= 0.6 is 11.3 Å². The number of nitrogens with one attached hydrogen (secondary N) is 1. The van der Waals surface area contributed by atoms with Gasteiger partial charge in [-0.05, 0) is 67.0 Å². The molecule has 6 nitrogen and oxygen atoms in total. The maximum Gasteiger partial charge on any atom is 0.273 e. The van der Waals surface area contributed by atoms with Gasteiger partial charge in [0.05, 0.1) is 12.1 Å². The molecule has 0 spiro atoms. The standard InChI is InChI=1S/C27H28N4O2S/c1-18-14-19(2)16-22(15-18)28-25(32)21-8-11-30(12-9-21)27-29-23-10-13-34-24(23)26(33)31(27)17-20-6-4-3-5-7-20/h3-7,10,13-16,21H,8-9,11-12,17H2,1-2H3,(H,28,32). The van der Waals surface area contributed by atoms with Crippen molar-refractivity contribution in [2.24, 2.45) is 5.92 Å². The van der Waals surface area contributed by atoms with E-state index in [-0.39, 0.29) is 17.4 Å². The average Bonchev–Trinajstić information content (AvgIpc) is 3.30. The van der Waals surface area contributed by atoms with Gasteiger partial charge in [-0.25, -0.2) is 4.98 Å². The van der Waals surface area contributed by atoms with Crippen molar-refractivity contribution in [2.75, 3.05) is 23.3 Å². The average molecular weight is 473 g/mol. The summed E-state index contributed by atoms with van der Waals surface area (Å²) in [7, 11) is 0. The first-order valence-electron chi connectivity index (χ1n) is 11.6. The monoisotopic (exact) mass is 472 g/mol. The Balaban J connectivity index is 1.35. The van der Waals surface area contributed by atoms with E-state index in [9.17, 15) is 9.59 Å². The minimum atomic E-state index is -0.0590. The largest absolute Gasteiger partial charge is 0.342 e. The Morgan fingerprint density at radius 1 is 1.06 bits per heavy atom. The van der Waals surface area contributed by atoms with Gasteiger partial charge >= 0.3 is 0 Å². The molecule has 2 aromatic heterocycles.